The van der Waals surface area contributed by atoms with Crippen molar-refractivity contribution >= 4 is 37.2 Å². The van der Waals surface area contributed by atoms with Crippen LogP contribution in [0.1, 0.15) is 46.0 Å². The van der Waals surface area contributed by atoms with Crippen molar-refractivity contribution in [2.24, 2.45) is 7.05 Å². The Labute approximate surface area is 220 Å². The van der Waals surface area contributed by atoms with Gasteiger partial charge in [-0.05, 0) is 58.3 Å². The Kier molecular flexibility index (Phi) is 10.9. The van der Waals surface area contributed by atoms with Crippen molar-refractivity contribution in [2.45, 2.75) is 65.1 Å². The molecule has 1 aliphatic heterocycles. The van der Waals surface area contributed by atoms with Gasteiger partial charge < -0.3 is 24.1 Å². The molecule has 0 unspecified atom stereocenters. The predicted molar refractivity (Wildman–Crippen MR) is 126 cm³/mol. The molecule has 3 rings (SSSR count). The maximum absolute atomic E-state index is 12.8. The Bertz CT molecular complexity index is 1140. The van der Waals surface area contributed by atoms with E-state index >= 15 is 0 Å². The highest BCUT2D eigenvalue weighted by Crippen LogP contribution is 2.37. The van der Waals surface area contributed by atoms with E-state index in [1.54, 1.807) is 25.4 Å². The zero-order valence-corrected chi connectivity index (χ0v) is 22.0. The molecule has 2 aromatic rings. The third-order valence-electron chi connectivity index (χ3n) is 5.26. The first-order valence-electron chi connectivity index (χ1n) is 11.0. The van der Waals surface area contributed by atoms with Crippen molar-refractivity contribution in [1.82, 2.24) is 14.8 Å². The predicted octanol–water partition coefficient (Wildman–Crippen LogP) is 1.45. The summed E-state index contributed by atoms with van der Waals surface area (Å²) in [6.45, 7) is 9.64. The van der Waals surface area contributed by atoms with Gasteiger partial charge in [-0.3, -0.25) is 9.48 Å². The van der Waals surface area contributed by atoms with Crippen molar-refractivity contribution in [3.05, 3.63) is 35.8 Å². The minimum absolute atomic E-state index is 0.275. The molecule has 0 bridgehead atoms. The molecule has 10 nitrogen and oxygen atoms in total. The monoisotopic (exact) mass is 569 g/mol. The van der Waals surface area contributed by atoms with Crippen LogP contribution in [0.4, 0.5) is 26.3 Å². The molecule has 0 radical (unpaired) electrons. The van der Waals surface area contributed by atoms with Gasteiger partial charge in [0.1, 0.15) is 5.69 Å². The van der Waals surface area contributed by atoms with Crippen LogP contribution in [0.2, 0.25) is 0 Å². The molecule has 0 aliphatic carbocycles. The summed E-state index contributed by atoms with van der Waals surface area (Å²) in [5.41, 5.74) is -1.21. The van der Waals surface area contributed by atoms with Gasteiger partial charge in [-0.2, -0.15) is 31.4 Å². The molecule has 1 saturated heterocycles. The molecule has 2 N–H and O–H groups in total. The first-order valence-corrected chi connectivity index (χ1v) is 11.0. The molecule has 2 aromatic heterocycles. The molecule has 0 aromatic carbocycles. The number of aromatic nitrogens is 3. The highest BCUT2D eigenvalue weighted by Gasteiger charge is 2.52. The Balaban J connectivity index is 0.000000335. The second-order valence-electron chi connectivity index (χ2n) is 9.18. The number of halogens is 6. The van der Waals surface area contributed by atoms with Crippen LogP contribution in [-0.2, 0) is 36.9 Å². The normalized spacial score (nSPS) is 15.9. The van der Waals surface area contributed by atoms with Gasteiger partial charge in [0, 0.05) is 25.9 Å². The Morgan fingerprint density at radius 2 is 1.56 bits per heavy atom. The lowest BCUT2D eigenvalue weighted by molar-refractivity contribution is -0.201. The van der Waals surface area contributed by atoms with Gasteiger partial charge in [0.15, 0.2) is 0 Å². The van der Waals surface area contributed by atoms with Gasteiger partial charge in [-0.25, -0.2) is 9.78 Å². The third-order valence-corrected chi connectivity index (χ3v) is 5.26. The zero-order chi connectivity index (χ0) is 30.6. The summed E-state index contributed by atoms with van der Waals surface area (Å²) in [6, 6.07) is 4.08. The lowest BCUT2D eigenvalue weighted by Crippen LogP contribution is -2.41. The average molecular weight is 569 g/mol. The van der Waals surface area contributed by atoms with Crippen molar-refractivity contribution in [3.63, 3.8) is 0 Å². The van der Waals surface area contributed by atoms with Gasteiger partial charge in [-0.15, -0.1) is 0 Å². The average Bonchev–Trinajstić information content (AvgIpc) is 3.27. The largest absolute Gasteiger partial charge is 0.510 e. The molecular formula is C21H27B2F6N3O7. The Hall–Kier alpha value is -2.95. The van der Waals surface area contributed by atoms with Crippen LogP contribution in [0.25, 0.3) is 0 Å². The highest BCUT2D eigenvalue weighted by atomic mass is 19.4. The van der Waals surface area contributed by atoms with E-state index < -0.39 is 55.4 Å². The van der Waals surface area contributed by atoms with Crippen LogP contribution >= 0.6 is 0 Å². The molecule has 18 heteroatoms. The first kappa shape index (κ1) is 34.1. The molecule has 0 saturated carbocycles. The maximum Gasteiger partial charge on any atom is 0.510 e. The zero-order valence-electron chi connectivity index (χ0n) is 22.0. The maximum atomic E-state index is 12.8. The topological polar surface area (TPSA) is 133 Å². The number of alkyl halides is 6. The summed E-state index contributed by atoms with van der Waals surface area (Å²) in [4.78, 5) is 23.0. The second-order valence-corrected chi connectivity index (χ2v) is 9.18. The van der Waals surface area contributed by atoms with Crippen LogP contribution < -0.4 is 11.1 Å². The smallest absolute Gasteiger partial charge is 0.422 e. The second kappa shape index (κ2) is 12.5. The number of hydrogen-bond donors (Lipinski definition) is 2. The Morgan fingerprint density at radius 1 is 1.05 bits per heavy atom. The number of carbonyl (C=O) groups is 2. The van der Waals surface area contributed by atoms with E-state index in [2.05, 4.69) is 14.8 Å². The fourth-order valence-electron chi connectivity index (χ4n) is 2.71. The number of pyridine rings is 1. The molecule has 3 heterocycles. The number of rotatable bonds is 2. The quantitative estimate of drug-likeness (QED) is 0.239. The Morgan fingerprint density at radius 3 is 1.87 bits per heavy atom. The lowest BCUT2D eigenvalue weighted by atomic mass is 9.79. The van der Waals surface area contributed by atoms with Gasteiger partial charge in [-0.1, -0.05) is 0 Å². The van der Waals surface area contributed by atoms with E-state index in [1.807, 2.05) is 27.7 Å². The lowest BCUT2D eigenvalue weighted by Gasteiger charge is -2.32. The van der Waals surface area contributed by atoms with E-state index in [4.69, 9.17) is 19.4 Å². The number of hydrogen-bond acceptors (Lipinski definition) is 9. The van der Waals surface area contributed by atoms with E-state index in [1.165, 1.54) is 11.6 Å². The summed E-state index contributed by atoms with van der Waals surface area (Å²) in [5.74, 6) is -3.76. The standard InChI is InChI=1S/C13H17BF3NO2.C4H7BN2O2.C4H3F3O3/c1-8-6-9(7-10(18-8)13(15,16)17)14-19-11(2,3)12(4,5)20-14;1-7-3-2-4(6-7)5(8)9;1-2(8)10-3(9)4(5,6)7/h6-7H,1-5H3;2-3,8-9H,1H3;1H3. The summed E-state index contributed by atoms with van der Waals surface area (Å²) >= 11 is 0. The SMILES string of the molecule is CC(=O)OC(=O)C(F)(F)F.Cc1cc(B2OC(C)(C)C(C)(C)O2)cc(C(F)(F)F)n1.Cn1ccc(B(O)O)n1. The first-order chi connectivity index (χ1) is 17.5. The van der Waals surface area contributed by atoms with Crippen LogP contribution in [-0.4, -0.2) is 68.4 Å². The fraction of sp³-hybridized carbons (Fsp3) is 0.524. The van der Waals surface area contributed by atoms with Crippen LogP contribution in [0.5, 0.6) is 0 Å². The van der Waals surface area contributed by atoms with E-state index in [0.29, 0.717) is 12.4 Å². The van der Waals surface area contributed by atoms with E-state index in [-0.39, 0.29) is 11.3 Å². The van der Waals surface area contributed by atoms with Gasteiger partial charge in [0.05, 0.1) is 16.8 Å². The highest BCUT2D eigenvalue weighted by molar-refractivity contribution is 6.62. The number of ether oxygens (including phenoxy) is 1. The molecule has 39 heavy (non-hydrogen) atoms. The summed E-state index contributed by atoms with van der Waals surface area (Å²) in [7, 11) is -0.555. The third kappa shape index (κ3) is 10.3. The summed E-state index contributed by atoms with van der Waals surface area (Å²) in [6.07, 6.45) is -7.93. The van der Waals surface area contributed by atoms with Crippen LogP contribution in [0.15, 0.2) is 24.4 Å². The van der Waals surface area contributed by atoms with Crippen molar-refractivity contribution in [1.29, 1.82) is 0 Å². The van der Waals surface area contributed by atoms with Gasteiger partial charge >= 0.3 is 38.5 Å². The van der Waals surface area contributed by atoms with Crippen LogP contribution in [0, 0.1) is 6.92 Å². The number of nitrogens with zero attached hydrogens (tertiary/aromatic N) is 3. The minimum Gasteiger partial charge on any atom is -0.422 e. The number of esters is 2. The molecule has 0 spiro atoms. The summed E-state index contributed by atoms with van der Waals surface area (Å²) < 4.78 is 88.2. The molecule has 0 amide bonds. The minimum atomic E-state index is -5.09. The summed E-state index contributed by atoms with van der Waals surface area (Å²) in [5, 5.41) is 20.8. The number of aryl methyl sites for hydroxylation is 2. The van der Waals surface area contributed by atoms with Crippen molar-refractivity contribution in [3.8, 4) is 0 Å². The van der Waals surface area contributed by atoms with Crippen molar-refractivity contribution < 1.29 is 60.0 Å². The molecule has 0 atom stereocenters. The number of carbonyl (C=O) groups excluding carboxylic acids is 2. The molecule has 1 aliphatic rings. The molecule has 1 fully saturated rings. The fourth-order valence-corrected chi connectivity index (χ4v) is 2.71. The molecular weight excluding hydrogens is 542 g/mol. The van der Waals surface area contributed by atoms with Crippen molar-refractivity contribution in [2.75, 3.05) is 0 Å². The van der Waals surface area contributed by atoms with Crippen LogP contribution in [0.3, 0.4) is 0 Å². The molecule has 216 valence electrons. The van der Waals surface area contributed by atoms with E-state index in [0.717, 1.165) is 6.07 Å². The van der Waals surface area contributed by atoms with Gasteiger partial charge in [0.25, 0.3) is 0 Å². The van der Waals surface area contributed by atoms with E-state index in [9.17, 15) is 35.9 Å². The van der Waals surface area contributed by atoms with Gasteiger partial charge in [0.2, 0.25) is 0 Å².